The molecule has 0 aliphatic carbocycles. The first-order chi connectivity index (χ1) is 7.50. The molecule has 0 saturated heterocycles. The minimum atomic E-state index is -2.98. The normalized spacial score (nSPS) is 12.1. The first-order valence-corrected chi connectivity index (χ1v) is 6.90. The van der Waals surface area contributed by atoms with Gasteiger partial charge in [-0.2, -0.15) is 0 Å². The summed E-state index contributed by atoms with van der Waals surface area (Å²) in [6, 6.07) is 7.32. The third-order valence-corrected chi connectivity index (χ3v) is 4.19. The number of sulfone groups is 1. The summed E-state index contributed by atoms with van der Waals surface area (Å²) in [4.78, 5) is 2.99. The predicted molar refractivity (Wildman–Crippen MR) is 65.9 cm³/mol. The minimum Gasteiger partial charge on any atom is -0.385 e. The van der Waals surface area contributed by atoms with Crippen LogP contribution < -0.4 is 5.73 Å². The maximum Gasteiger partial charge on any atom is 0.154 e. The van der Waals surface area contributed by atoms with Crippen LogP contribution in [-0.4, -0.2) is 19.2 Å². The van der Waals surface area contributed by atoms with Gasteiger partial charge in [-0.15, -0.1) is 0 Å². The monoisotopic (exact) mass is 238 g/mol. The van der Waals surface area contributed by atoms with Crippen molar-refractivity contribution in [1.29, 1.82) is 0 Å². The van der Waals surface area contributed by atoms with Gasteiger partial charge in [0.2, 0.25) is 0 Å². The van der Waals surface area contributed by atoms with Crippen molar-refractivity contribution in [1.82, 2.24) is 4.98 Å². The third kappa shape index (κ3) is 2.19. The molecule has 0 bridgehead atoms. The molecule has 4 nitrogen and oxygen atoms in total. The zero-order valence-corrected chi connectivity index (χ0v) is 9.84. The summed E-state index contributed by atoms with van der Waals surface area (Å²) >= 11 is 0. The fourth-order valence-electron chi connectivity index (χ4n) is 1.65. The minimum absolute atomic E-state index is 0.0878. The Hall–Kier alpha value is -1.49. The summed E-state index contributed by atoms with van der Waals surface area (Å²) in [5.41, 5.74) is 7.35. The van der Waals surface area contributed by atoms with Crippen LogP contribution in [0.5, 0.6) is 0 Å². The molecule has 1 aromatic heterocycles. The molecule has 0 saturated carbocycles. The number of aromatic nitrogens is 1. The van der Waals surface area contributed by atoms with Crippen LogP contribution in [0.1, 0.15) is 12.5 Å². The number of benzene rings is 1. The second-order valence-corrected chi connectivity index (χ2v) is 6.18. The molecule has 0 aliphatic rings. The first kappa shape index (κ1) is 11.0. The number of nitrogens with one attached hydrogen (secondary N) is 1. The van der Waals surface area contributed by atoms with E-state index >= 15 is 0 Å². The van der Waals surface area contributed by atoms with Gasteiger partial charge in [-0.25, -0.2) is 8.42 Å². The maximum atomic E-state index is 11.5. The Morgan fingerprint density at radius 2 is 2.06 bits per heavy atom. The summed E-state index contributed by atoms with van der Waals surface area (Å²) in [7, 11) is -2.98. The highest BCUT2D eigenvalue weighted by Crippen LogP contribution is 2.19. The van der Waals surface area contributed by atoms with Crippen LogP contribution in [0.3, 0.4) is 0 Å². The Kier molecular flexibility index (Phi) is 2.63. The van der Waals surface area contributed by atoms with Crippen molar-refractivity contribution < 1.29 is 8.42 Å². The van der Waals surface area contributed by atoms with Crippen molar-refractivity contribution >= 4 is 26.6 Å². The smallest absolute Gasteiger partial charge is 0.154 e. The molecule has 0 aliphatic heterocycles. The lowest BCUT2D eigenvalue weighted by Crippen LogP contribution is -2.06. The highest BCUT2D eigenvalue weighted by atomic mass is 32.2. The molecule has 16 heavy (non-hydrogen) atoms. The van der Waals surface area contributed by atoms with Gasteiger partial charge < -0.3 is 10.7 Å². The number of rotatable bonds is 3. The summed E-state index contributed by atoms with van der Waals surface area (Å²) in [6.07, 6.45) is 0. The molecule has 86 valence electrons. The van der Waals surface area contributed by atoms with Gasteiger partial charge in [-0.05, 0) is 23.8 Å². The number of nitrogens with two attached hydrogens (primary N) is 1. The molecular formula is C11H14N2O2S. The number of nitrogen functional groups attached to an aromatic ring is 1. The Bertz CT molecular complexity index is 614. The second-order valence-electron chi connectivity index (χ2n) is 3.82. The molecule has 1 aromatic carbocycles. The molecule has 1 heterocycles. The highest BCUT2D eigenvalue weighted by molar-refractivity contribution is 7.90. The molecule has 5 heteroatoms. The van der Waals surface area contributed by atoms with E-state index in [1.807, 2.05) is 18.2 Å². The Morgan fingerprint density at radius 3 is 2.75 bits per heavy atom. The van der Waals surface area contributed by atoms with E-state index in [1.165, 1.54) is 0 Å². The van der Waals surface area contributed by atoms with Crippen LogP contribution in [0.15, 0.2) is 24.3 Å². The van der Waals surface area contributed by atoms with Crippen molar-refractivity contribution in [2.24, 2.45) is 0 Å². The Balaban J connectivity index is 2.40. The van der Waals surface area contributed by atoms with E-state index in [2.05, 4.69) is 4.98 Å². The molecule has 2 rings (SSSR count). The van der Waals surface area contributed by atoms with E-state index in [1.54, 1.807) is 13.0 Å². The number of anilines is 1. The van der Waals surface area contributed by atoms with Crippen LogP contribution in [0.2, 0.25) is 0 Å². The van der Waals surface area contributed by atoms with E-state index in [-0.39, 0.29) is 11.5 Å². The van der Waals surface area contributed by atoms with Crippen molar-refractivity contribution in [3.63, 3.8) is 0 Å². The van der Waals surface area contributed by atoms with Crippen molar-refractivity contribution in [2.75, 3.05) is 11.5 Å². The van der Waals surface area contributed by atoms with Crippen LogP contribution in [0, 0.1) is 0 Å². The van der Waals surface area contributed by atoms with Crippen molar-refractivity contribution in [3.05, 3.63) is 29.8 Å². The molecule has 0 fully saturated rings. The largest absolute Gasteiger partial charge is 0.385 e. The fraction of sp³-hybridized carbons (Fsp3) is 0.273. The van der Waals surface area contributed by atoms with E-state index in [9.17, 15) is 8.42 Å². The van der Waals surface area contributed by atoms with Crippen molar-refractivity contribution in [2.45, 2.75) is 12.7 Å². The molecule has 2 aromatic rings. The average molecular weight is 238 g/mol. The lowest BCUT2D eigenvalue weighted by Gasteiger charge is -2.01. The summed E-state index contributed by atoms with van der Waals surface area (Å²) in [5.74, 6) is 0.843. The van der Waals surface area contributed by atoms with Crippen molar-refractivity contribution in [3.8, 4) is 0 Å². The van der Waals surface area contributed by atoms with Gasteiger partial charge in [0.15, 0.2) is 9.84 Å². The van der Waals surface area contributed by atoms with Crippen LogP contribution in [-0.2, 0) is 15.6 Å². The summed E-state index contributed by atoms with van der Waals surface area (Å²) in [6.45, 7) is 1.65. The zero-order chi connectivity index (χ0) is 11.8. The number of hydrogen-bond acceptors (Lipinski definition) is 3. The summed E-state index contributed by atoms with van der Waals surface area (Å²) in [5, 5.41) is 0.946. The Morgan fingerprint density at radius 1 is 1.31 bits per heavy atom. The van der Waals surface area contributed by atoms with Gasteiger partial charge in [-0.3, -0.25) is 0 Å². The van der Waals surface area contributed by atoms with Gasteiger partial charge in [0.05, 0.1) is 5.75 Å². The number of aromatic amines is 1. The maximum absolute atomic E-state index is 11.5. The van der Waals surface area contributed by atoms with Gasteiger partial charge in [0.25, 0.3) is 0 Å². The third-order valence-electron chi connectivity index (χ3n) is 2.53. The highest BCUT2D eigenvalue weighted by Gasteiger charge is 2.09. The topological polar surface area (TPSA) is 76.0 Å². The van der Waals surface area contributed by atoms with Crippen LogP contribution in [0.25, 0.3) is 10.9 Å². The molecule has 0 radical (unpaired) electrons. The van der Waals surface area contributed by atoms with E-state index in [0.29, 0.717) is 5.82 Å². The average Bonchev–Trinajstić information content (AvgIpc) is 2.57. The van der Waals surface area contributed by atoms with E-state index in [0.717, 1.165) is 16.5 Å². The zero-order valence-electron chi connectivity index (χ0n) is 9.03. The van der Waals surface area contributed by atoms with Gasteiger partial charge in [-0.1, -0.05) is 13.0 Å². The molecular weight excluding hydrogens is 224 g/mol. The van der Waals surface area contributed by atoms with Gasteiger partial charge in [0, 0.05) is 16.7 Å². The van der Waals surface area contributed by atoms with Crippen LogP contribution in [0.4, 0.5) is 5.82 Å². The second kappa shape index (κ2) is 3.83. The lowest BCUT2D eigenvalue weighted by molar-refractivity contribution is 0.596. The number of H-pyrrole nitrogens is 1. The number of hydrogen-bond donors (Lipinski definition) is 2. The van der Waals surface area contributed by atoms with E-state index < -0.39 is 9.84 Å². The molecule has 3 N–H and O–H groups in total. The first-order valence-electron chi connectivity index (χ1n) is 5.08. The fourth-order valence-corrected chi connectivity index (χ4v) is 2.54. The van der Waals surface area contributed by atoms with Crippen LogP contribution >= 0.6 is 0 Å². The molecule has 0 atom stereocenters. The Labute approximate surface area is 94.4 Å². The lowest BCUT2D eigenvalue weighted by atomic mass is 10.2. The summed E-state index contributed by atoms with van der Waals surface area (Å²) < 4.78 is 23.0. The standard InChI is InChI=1S/C11H14N2O2S/c1-2-16(14,15)7-8-3-4-10-9(5-8)6-11(12)13-10/h3-6,13H,2,7,12H2,1H3. The molecule has 0 unspecified atom stereocenters. The van der Waals surface area contributed by atoms with Gasteiger partial charge >= 0.3 is 0 Å². The molecule has 0 spiro atoms. The number of fused-ring (bicyclic) bond motifs is 1. The quantitative estimate of drug-likeness (QED) is 0.854. The van der Waals surface area contributed by atoms with Gasteiger partial charge in [0.1, 0.15) is 5.82 Å². The SMILES string of the molecule is CCS(=O)(=O)Cc1ccc2[nH]c(N)cc2c1. The van der Waals surface area contributed by atoms with E-state index in [4.69, 9.17) is 5.73 Å². The predicted octanol–water partition coefficient (Wildman–Crippen LogP) is 1.68. The molecule has 0 amide bonds.